The summed E-state index contributed by atoms with van der Waals surface area (Å²) >= 11 is 0. The highest BCUT2D eigenvalue weighted by Gasteiger charge is 2.25. The zero-order chi connectivity index (χ0) is 19.2. The number of phenols is 1. The summed E-state index contributed by atoms with van der Waals surface area (Å²) in [5, 5.41) is 12.2. The lowest BCUT2D eigenvalue weighted by Crippen LogP contribution is -2.39. The quantitative estimate of drug-likeness (QED) is 0.845. The number of amides is 2. The average Bonchev–Trinajstić information content (AvgIpc) is 2.66. The Labute approximate surface area is 160 Å². The van der Waals surface area contributed by atoms with Crippen LogP contribution < -0.4 is 5.32 Å². The van der Waals surface area contributed by atoms with E-state index in [1.807, 2.05) is 4.90 Å². The fourth-order valence-corrected chi connectivity index (χ4v) is 3.59. The molecule has 0 saturated carbocycles. The van der Waals surface area contributed by atoms with E-state index in [9.17, 15) is 14.7 Å². The average molecular weight is 366 g/mol. The molecule has 2 N–H and O–H groups in total. The number of carbonyl (C=O) groups excluding carboxylic acids is 2. The number of aromatic hydroxyl groups is 1. The molecule has 0 aromatic heterocycles. The maximum absolute atomic E-state index is 12.6. The maximum Gasteiger partial charge on any atom is 0.224 e. The molecule has 1 unspecified atom stereocenters. The molecule has 27 heavy (non-hydrogen) atoms. The number of likely N-dealkylation sites (tertiary alicyclic amines) is 1. The van der Waals surface area contributed by atoms with Crippen molar-refractivity contribution < 1.29 is 14.7 Å². The van der Waals surface area contributed by atoms with Crippen LogP contribution in [0.5, 0.6) is 5.75 Å². The fraction of sp³-hybridized carbons (Fsp3) is 0.364. The Morgan fingerprint density at radius 1 is 1.15 bits per heavy atom. The molecule has 3 rings (SSSR count). The lowest BCUT2D eigenvalue weighted by molar-refractivity contribution is -0.134. The molecular weight excluding hydrogens is 340 g/mol. The maximum atomic E-state index is 12.6. The molecule has 2 amide bonds. The van der Waals surface area contributed by atoms with Crippen molar-refractivity contribution in [2.45, 2.75) is 38.5 Å². The predicted octanol–water partition coefficient (Wildman–Crippen LogP) is 3.83. The van der Waals surface area contributed by atoms with Crippen LogP contribution in [0.15, 0.2) is 48.5 Å². The minimum absolute atomic E-state index is 0.0263. The summed E-state index contributed by atoms with van der Waals surface area (Å²) in [7, 11) is 0. The van der Waals surface area contributed by atoms with Crippen molar-refractivity contribution in [2.75, 3.05) is 18.4 Å². The Bertz CT molecular complexity index is 819. The van der Waals surface area contributed by atoms with E-state index in [0.29, 0.717) is 11.6 Å². The van der Waals surface area contributed by atoms with E-state index in [0.717, 1.165) is 25.9 Å². The van der Waals surface area contributed by atoms with Crippen molar-refractivity contribution >= 4 is 17.5 Å². The van der Waals surface area contributed by atoms with Crippen LogP contribution in [0.1, 0.15) is 42.7 Å². The first-order valence-corrected chi connectivity index (χ1v) is 9.44. The molecule has 2 aromatic rings. The topological polar surface area (TPSA) is 69.6 Å². The molecule has 0 spiro atoms. The summed E-state index contributed by atoms with van der Waals surface area (Å²) in [6.45, 7) is 3.56. The molecule has 2 aromatic carbocycles. The van der Waals surface area contributed by atoms with Gasteiger partial charge in [0, 0.05) is 43.6 Å². The van der Waals surface area contributed by atoms with E-state index in [4.69, 9.17) is 0 Å². The number of nitrogens with one attached hydrogen (secondary N) is 1. The predicted molar refractivity (Wildman–Crippen MR) is 106 cm³/mol. The van der Waals surface area contributed by atoms with E-state index in [2.05, 4.69) is 36.5 Å². The minimum Gasteiger partial charge on any atom is -0.508 e. The second-order valence-electron chi connectivity index (χ2n) is 7.19. The zero-order valence-corrected chi connectivity index (χ0v) is 15.6. The number of benzene rings is 2. The number of piperidine rings is 1. The summed E-state index contributed by atoms with van der Waals surface area (Å²) in [5.74, 6) is 0.266. The minimum atomic E-state index is -0.221. The molecule has 1 saturated heterocycles. The monoisotopic (exact) mass is 366 g/mol. The standard InChI is InChI=1S/C22H26N2O3/c1-16-5-2-6-17(13-16)18-7-4-12-24(15-18)22(27)11-10-21(26)23-19-8-3-9-20(25)14-19/h2-3,5-6,8-9,13-14,18,25H,4,7,10-12,15H2,1H3,(H,23,26). The van der Waals surface area contributed by atoms with Crippen molar-refractivity contribution in [3.8, 4) is 5.75 Å². The van der Waals surface area contributed by atoms with Gasteiger partial charge >= 0.3 is 0 Å². The van der Waals surface area contributed by atoms with Gasteiger partial charge in [-0.1, -0.05) is 35.9 Å². The van der Waals surface area contributed by atoms with Crippen LogP contribution in [-0.2, 0) is 9.59 Å². The van der Waals surface area contributed by atoms with Crippen LogP contribution in [0.3, 0.4) is 0 Å². The molecule has 5 heteroatoms. The van der Waals surface area contributed by atoms with E-state index in [1.165, 1.54) is 17.2 Å². The lowest BCUT2D eigenvalue weighted by atomic mass is 9.89. The number of hydrogen-bond acceptors (Lipinski definition) is 3. The van der Waals surface area contributed by atoms with Gasteiger partial charge in [0.05, 0.1) is 0 Å². The van der Waals surface area contributed by atoms with Gasteiger partial charge in [-0.2, -0.15) is 0 Å². The fourth-order valence-electron chi connectivity index (χ4n) is 3.59. The number of aryl methyl sites for hydroxylation is 1. The van der Waals surface area contributed by atoms with Crippen molar-refractivity contribution in [3.63, 3.8) is 0 Å². The third-order valence-corrected chi connectivity index (χ3v) is 4.98. The van der Waals surface area contributed by atoms with Crippen LogP contribution in [0, 0.1) is 6.92 Å². The molecule has 1 aliphatic heterocycles. The van der Waals surface area contributed by atoms with E-state index < -0.39 is 0 Å². The Kier molecular flexibility index (Phi) is 6.12. The summed E-state index contributed by atoms with van der Waals surface area (Å²) < 4.78 is 0. The normalized spacial score (nSPS) is 16.8. The Balaban J connectivity index is 1.51. The van der Waals surface area contributed by atoms with Gasteiger partial charge in [0.2, 0.25) is 11.8 Å². The van der Waals surface area contributed by atoms with Crippen molar-refractivity contribution in [1.29, 1.82) is 0 Å². The van der Waals surface area contributed by atoms with Gasteiger partial charge in [-0.15, -0.1) is 0 Å². The molecule has 0 radical (unpaired) electrons. The van der Waals surface area contributed by atoms with Crippen molar-refractivity contribution in [1.82, 2.24) is 4.90 Å². The van der Waals surface area contributed by atoms with Crippen LogP contribution in [0.4, 0.5) is 5.69 Å². The van der Waals surface area contributed by atoms with Gasteiger partial charge in [0.25, 0.3) is 0 Å². The highest BCUT2D eigenvalue weighted by Crippen LogP contribution is 2.28. The molecular formula is C22H26N2O3. The third kappa shape index (κ3) is 5.33. The Morgan fingerprint density at radius 3 is 2.74 bits per heavy atom. The van der Waals surface area contributed by atoms with E-state index >= 15 is 0 Å². The smallest absolute Gasteiger partial charge is 0.224 e. The van der Waals surface area contributed by atoms with Gasteiger partial charge in [-0.3, -0.25) is 9.59 Å². The molecule has 1 fully saturated rings. The number of anilines is 1. The van der Waals surface area contributed by atoms with Crippen molar-refractivity contribution in [2.24, 2.45) is 0 Å². The van der Waals surface area contributed by atoms with Gasteiger partial charge in [0.15, 0.2) is 0 Å². The molecule has 142 valence electrons. The molecule has 1 heterocycles. The van der Waals surface area contributed by atoms with Crippen LogP contribution in [0.2, 0.25) is 0 Å². The molecule has 1 aliphatic rings. The summed E-state index contributed by atoms with van der Waals surface area (Å²) in [5.41, 5.74) is 3.05. The van der Waals surface area contributed by atoms with Gasteiger partial charge in [0.1, 0.15) is 5.75 Å². The van der Waals surface area contributed by atoms with Crippen molar-refractivity contribution in [3.05, 3.63) is 59.7 Å². The first-order chi connectivity index (χ1) is 13.0. The highest BCUT2D eigenvalue weighted by molar-refractivity contribution is 5.93. The third-order valence-electron chi connectivity index (χ3n) is 4.98. The number of nitrogens with zero attached hydrogens (tertiary/aromatic N) is 1. The Hall–Kier alpha value is -2.82. The summed E-state index contributed by atoms with van der Waals surface area (Å²) in [6, 6.07) is 14.9. The second kappa shape index (κ2) is 8.71. The molecule has 0 bridgehead atoms. The number of carbonyl (C=O) groups is 2. The van der Waals surface area contributed by atoms with Crippen LogP contribution in [0.25, 0.3) is 0 Å². The number of rotatable bonds is 5. The molecule has 5 nitrogen and oxygen atoms in total. The molecule has 1 atom stereocenters. The highest BCUT2D eigenvalue weighted by atomic mass is 16.3. The number of phenolic OH excluding ortho intramolecular Hbond substituents is 1. The Morgan fingerprint density at radius 2 is 1.96 bits per heavy atom. The molecule has 0 aliphatic carbocycles. The van der Waals surface area contributed by atoms with Crippen LogP contribution in [-0.4, -0.2) is 34.9 Å². The first kappa shape index (κ1) is 19.0. The second-order valence-corrected chi connectivity index (χ2v) is 7.19. The summed E-state index contributed by atoms with van der Waals surface area (Å²) in [4.78, 5) is 26.5. The van der Waals surface area contributed by atoms with Crippen LogP contribution >= 0.6 is 0 Å². The first-order valence-electron chi connectivity index (χ1n) is 9.44. The number of hydrogen-bond donors (Lipinski definition) is 2. The zero-order valence-electron chi connectivity index (χ0n) is 15.6. The lowest BCUT2D eigenvalue weighted by Gasteiger charge is -2.33. The van der Waals surface area contributed by atoms with Gasteiger partial charge in [-0.25, -0.2) is 0 Å². The van der Waals surface area contributed by atoms with E-state index in [1.54, 1.807) is 18.2 Å². The largest absolute Gasteiger partial charge is 0.508 e. The van der Waals surface area contributed by atoms with Gasteiger partial charge in [-0.05, 0) is 37.5 Å². The summed E-state index contributed by atoms with van der Waals surface area (Å²) in [6.07, 6.45) is 2.41. The van der Waals surface area contributed by atoms with E-state index in [-0.39, 0.29) is 30.4 Å². The van der Waals surface area contributed by atoms with Gasteiger partial charge < -0.3 is 15.3 Å². The SMILES string of the molecule is Cc1cccc(C2CCCN(C(=O)CCC(=O)Nc3cccc(O)c3)C2)c1.